The summed E-state index contributed by atoms with van der Waals surface area (Å²) in [7, 11) is 2.06. The normalized spacial score (nSPS) is 19.2. The number of rotatable bonds is 4. The molecule has 94 valence electrons. The second kappa shape index (κ2) is 6.71. The molecule has 1 aromatic rings. The van der Waals surface area contributed by atoms with E-state index in [9.17, 15) is 0 Å². The molecule has 1 N–H and O–H groups in total. The summed E-state index contributed by atoms with van der Waals surface area (Å²) in [6.07, 6.45) is 3.64. The minimum Gasteiger partial charge on any atom is -0.381 e. The average molecular weight is 345 g/mol. The molecule has 2 rings (SSSR count). The largest absolute Gasteiger partial charge is 0.381 e. The SMILES string of the molecule is CNC(CC1CCOCC1)c1ccc(I)cc1. The van der Waals surface area contributed by atoms with Crippen molar-refractivity contribution in [3.05, 3.63) is 33.4 Å². The van der Waals surface area contributed by atoms with Crippen LogP contribution in [0.4, 0.5) is 0 Å². The molecule has 1 unspecified atom stereocenters. The zero-order chi connectivity index (χ0) is 12.1. The molecule has 17 heavy (non-hydrogen) atoms. The number of nitrogens with one attached hydrogen (secondary N) is 1. The van der Waals surface area contributed by atoms with Crippen LogP contribution in [-0.4, -0.2) is 20.3 Å². The van der Waals surface area contributed by atoms with E-state index < -0.39 is 0 Å². The van der Waals surface area contributed by atoms with Gasteiger partial charge < -0.3 is 10.1 Å². The monoisotopic (exact) mass is 345 g/mol. The van der Waals surface area contributed by atoms with Crippen molar-refractivity contribution < 1.29 is 4.74 Å². The molecule has 2 nitrogen and oxygen atoms in total. The number of benzene rings is 1. The highest BCUT2D eigenvalue weighted by molar-refractivity contribution is 14.1. The van der Waals surface area contributed by atoms with Crippen molar-refractivity contribution in [3.8, 4) is 0 Å². The van der Waals surface area contributed by atoms with Crippen LogP contribution in [0.15, 0.2) is 24.3 Å². The molecular formula is C14H20INO. The molecule has 0 bridgehead atoms. The van der Waals surface area contributed by atoms with E-state index in [0.717, 1.165) is 19.1 Å². The fourth-order valence-corrected chi connectivity index (χ4v) is 2.79. The zero-order valence-electron chi connectivity index (χ0n) is 10.3. The van der Waals surface area contributed by atoms with Crippen molar-refractivity contribution in [2.45, 2.75) is 25.3 Å². The van der Waals surface area contributed by atoms with Crippen LogP contribution < -0.4 is 5.32 Å². The lowest BCUT2D eigenvalue weighted by Gasteiger charge is -2.26. The third-order valence-electron chi connectivity index (χ3n) is 3.53. The molecule has 0 amide bonds. The van der Waals surface area contributed by atoms with E-state index in [4.69, 9.17) is 4.74 Å². The molecule has 1 aliphatic rings. The van der Waals surface area contributed by atoms with E-state index in [1.54, 1.807) is 0 Å². The van der Waals surface area contributed by atoms with Gasteiger partial charge in [-0.25, -0.2) is 0 Å². The van der Waals surface area contributed by atoms with Gasteiger partial charge in [-0.05, 0) is 72.5 Å². The first-order chi connectivity index (χ1) is 8.29. The van der Waals surface area contributed by atoms with Gasteiger partial charge in [-0.2, -0.15) is 0 Å². The molecule has 3 heteroatoms. The Bertz CT molecular complexity index is 333. The molecular weight excluding hydrogens is 325 g/mol. The van der Waals surface area contributed by atoms with Crippen molar-refractivity contribution in [1.82, 2.24) is 5.32 Å². The zero-order valence-corrected chi connectivity index (χ0v) is 12.4. The van der Waals surface area contributed by atoms with Gasteiger partial charge in [0.1, 0.15) is 0 Å². The second-order valence-electron chi connectivity index (χ2n) is 4.68. The predicted octanol–water partition coefficient (Wildman–Crippen LogP) is 3.37. The molecule has 1 fully saturated rings. The molecule has 0 radical (unpaired) electrons. The number of hydrogen-bond acceptors (Lipinski definition) is 2. The van der Waals surface area contributed by atoms with Crippen molar-refractivity contribution in [3.63, 3.8) is 0 Å². The minimum atomic E-state index is 0.482. The first-order valence-corrected chi connectivity index (χ1v) is 7.38. The maximum atomic E-state index is 5.41. The number of ether oxygens (including phenoxy) is 1. The lowest BCUT2D eigenvalue weighted by Crippen LogP contribution is -2.23. The van der Waals surface area contributed by atoms with Gasteiger partial charge in [0, 0.05) is 22.8 Å². The summed E-state index contributed by atoms with van der Waals surface area (Å²) < 4.78 is 6.71. The van der Waals surface area contributed by atoms with Gasteiger partial charge in [-0.15, -0.1) is 0 Å². The summed E-state index contributed by atoms with van der Waals surface area (Å²) in [4.78, 5) is 0. The van der Waals surface area contributed by atoms with Crippen LogP contribution in [-0.2, 0) is 4.74 Å². The molecule has 1 heterocycles. The topological polar surface area (TPSA) is 21.3 Å². The Morgan fingerprint density at radius 3 is 2.53 bits per heavy atom. The van der Waals surface area contributed by atoms with Crippen LogP contribution in [0.3, 0.4) is 0 Å². The second-order valence-corrected chi connectivity index (χ2v) is 5.93. The first kappa shape index (κ1) is 13.3. The predicted molar refractivity (Wildman–Crippen MR) is 79.1 cm³/mol. The van der Waals surface area contributed by atoms with E-state index in [-0.39, 0.29) is 0 Å². The Hall–Kier alpha value is -0.130. The number of hydrogen-bond donors (Lipinski definition) is 1. The number of halogens is 1. The Morgan fingerprint density at radius 1 is 1.29 bits per heavy atom. The summed E-state index contributed by atoms with van der Waals surface area (Å²) >= 11 is 2.35. The van der Waals surface area contributed by atoms with Crippen LogP contribution in [0.5, 0.6) is 0 Å². The van der Waals surface area contributed by atoms with E-state index >= 15 is 0 Å². The van der Waals surface area contributed by atoms with E-state index in [0.29, 0.717) is 6.04 Å². The van der Waals surface area contributed by atoms with E-state index in [1.807, 2.05) is 0 Å². The fourth-order valence-electron chi connectivity index (χ4n) is 2.43. The molecule has 0 aliphatic carbocycles. The van der Waals surface area contributed by atoms with Gasteiger partial charge in [-0.3, -0.25) is 0 Å². The van der Waals surface area contributed by atoms with Gasteiger partial charge in [0.15, 0.2) is 0 Å². The van der Waals surface area contributed by atoms with Crippen molar-refractivity contribution in [2.75, 3.05) is 20.3 Å². The maximum Gasteiger partial charge on any atom is 0.0468 e. The van der Waals surface area contributed by atoms with Crippen LogP contribution in [0.2, 0.25) is 0 Å². The third-order valence-corrected chi connectivity index (χ3v) is 4.25. The summed E-state index contributed by atoms with van der Waals surface area (Å²) in [6.45, 7) is 1.88. The molecule has 0 spiro atoms. The summed E-state index contributed by atoms with van der Waals surface area (Å²) in [5, 5.41) is 3.44. The van der Waals surface area contributed by atoms with Crippen molar-refractivity contribution in [2.24, 2.45) is 5.92 Å². The van der Waals surface area contributed by atoms with Gasteiger partial charge in [0.2, 0.25) is 0 Å². The molecule has 0 saturated carbocycles. The van der Waals surface area contributed by atoms with Crippen LogP contribution in [0, 0.1) is 9.49 Å². The van der Waals surface area contributed by atoms with Crippen LogP contribution in [0.1, 0.15) is 30.9 Å². The summed E-state index contributed by atoms with van der Waals surface area (Å²) in [5.74, 6) is 0.806. The van der Waals surface area contributed by atoms with Crippen molar-refractivity contribution in [1.29, 1.82) is 0 Å². The van der Waals surface area contributed by atoms with E-state index in [1.165, 1.54) is 28.4 Å². The van der Waals surface area contributed by atoms with Crippen LogP contribution in [0.25, 0.3) is 0 Å². The summed E-state index contributed by atoms with van der Waals surface area (Å²) in [6, 6.07) is 9.33. The maximum absolute atomic E-state index is 5.41. The summed E-state index contributed by atoms with van der Waals surface area (Å²) in [5.41, 5.74) is 1.40. The Labute approximate surface area is 117 Å². The molecule has 0 aromatic heterocycles. The minimum absolute atomic E-state index is 0.482. The molecule has 1 aromatic carbocycles. The van der Waals surface area contributed by atoms with Crippen molar-refractivity contribution >= 4 is 22.6 Å². The first-order valence-electron chi connectivity index (χ1n) is 6.30. The van der Waals surface area contributed by atoms with Gasteiger partial charge in [-0.1, -0.05) is 12.1 Å². The highest BCUT2D eigenvalue weighted by Crippen LogP contribution is 2.27. The van der Waals surface area contributed by atoms with E-state index in [2.05, 4.69) is 59.2 Å². The molecule has 1 atom stereocenters. The fraction of sp³-hybridized carbons (Fsp3) is 0.571. The van der Waals surface area contributed by atoms with Gasteiger partial charge in [0.25, 0.3) is 0 Å². The lowest BCUT2D eigenvalue weighted by molar-refractivity contribution is 0.0608. The van der Waals surface area contributed by atoms with Gasteiger partial charge in [0.05, 0.1) is 0 Å². The Morgan fingerprint density at radius 2 is 1.94 bits per heavy atom. The molecule has 1 aliphatic heterocycles. The Balaban J connectivity index is 1.97. The highest BCUT2D eigenvalue weighted by atomic mass is 127. The smallest absolute Gasteiger partial charge is 0.0468 e. The van der Waals surface area contributed by atoms with Gasteiger partial charge >= 0.3 is 0 Å². The lowest BCUT2D eigenvalue weighted by atomic mass is 9.89. The average Bonchev–Trinajstić information content (AvgIpc) is 2.38. The third kappa shape index (κ3) is 3.93. The standard InChI is InChI=1S/C14H20INO/c1-16-14(10-11-6-8-17-9-7-11)12-2-4-13(15)5-3-12/h2-5,11,14,16H,6-10H2,1H3. The Kier molecular flexibility index (Phi) is 5.25. The van der Waals surface area contributed by atoms with Crippen LogP contribution >= 0.6 is 22.6 Å². The molecule has 1 saturated heterocycles. The highest BCUT2D eigenvalue weighted by Gasteiger charge is 2.19. The quantitative estimate of drug-likeness (QED) is 0.845.